The van der Waals surface area contributed by atoms with Gasteiger partial charge in [-0.1, -0.05) is 19.1 Å². The van der Waals surface area contributed by atoms with Gasteiger partial charge in [0.2, 0.25) is 0 Å². The number of amidine groups is 1. The van der Waals surface area contributed by atoms with Crippen LogP contribution in [0.4, 0.5) is 11.6 Å². The minimum absolute atomic E-state index is 0.160. The van der Waals surface area contributed by atoms with Gasteiger partial charge in [-0.25, -0.2) is 4.99 Å². The van der Waals surface area contributed by atoms with Crippen molar-refractivity contribution in [3.05, 3.63) is 52.6 Å². The molecule has 24 heavy (non-hydrogen) atoms. The number of anilines is 1. The van der Waals surface area contributed by atoms with Gasteiger partial charge < -0.3 is 14.6 Å². The minimum Gasteiger partial charge on any atom is -0.441 e. The number of nitrogens with one attached hydrogen (secondary N) is 1. The van der Waals surface area contributed by atoms with Crippen LogP contribution >= 0.6 is 11.8 Å². The van der Waals surface area contributed by atoms with E-state index in [-0.39, 0.29) is 5.91 Å². The van der Waals surface area contributed by atoms with Crippen molar-refractivity contribution in [2.45, 2.75) is 13.3 Å². The first-order chi connectivity index (χ1) is 11.5. The molecule has 0 aliphatic carbocycles. The lowest BCUT2D eigenvalue weighted by Gasteiger charge is -2.05. The molecule has 124 valence electrons. The summed E-state index contributed by atoms with van der Waals surface area (Å²) in [4.78, 5) is 19.0. The lowest BCUT2D eigenvalue weighted by Crippen LogP contribution is -2.19. The molecule has 1 saturated heterocycles. The van der Waals surface area contributed by atoms with Crippen LogP contribution in [0.25, 0.3) is 6.08 Å². The maximum absolute atomic E-state index is 12.1. The Morgan fingerprint density at radius 3 is 2.58 bits per heavy atom. The van der Waals surface area contributed by atoms with Crippen molar-refractivity contribution < 1.29 is 9.21 Å². The molecule has 1 aromatic carbocycles. The predicted octanol–water partition coefficient (Wildman–Crippen LogP) is 3.80. The SMILES string of the molecule is CCc1ccc(N=C2NC(=O)/C(=C/c3ccc(N(C)C)o3)S2)cc1. The lowest BCUT2D eigenvalue weighted by molar-refractivity contribution is -0.115. The molecule has 1 aliphatic heterocycles. The van der Waals surface area contributed by atoms with Gasteiger partial charge in [-0.3, -0.25) is 4.79 Å². The van der Waals surface area contributed by atoms with E-state index in [0.717, 1.165) is 18.0 Å². The molecule has 2 aromatic rings. The van der Waals surface area contributed by atoms with Gasteiger partial charge in [0.25, 0.3) is 5.91 Å². The molecule has 0 saturated carbocycles. The van der Waals surface area contributed by atoms with Crippen LogP contribution in [-0.4, -0.2) is 25.2 Å². The molecule has 0 spiro atoms. The molecular formula is C18H19N3O2S. The quantitative estimate of drug-likeness (QED) is 0.860. The molecule has 6 heteroatoms. The van der Waals surface area contributed by atoms with Crippen LogP contribution in [0.15, 0.2) is 50.7 Å². The zero-order valence-corrected chi connectivity index (χ0v) is 14.7. The Hall–Kier alpha value is -2.47. The fraction of sp³-hybridized carbons (Fsp3) is 0.222. The van der Waals surface area contributed by atoms with Crippen molar-refractivity contribution in [1.82, 2.24) is 5.32 Å². The molecule has 1 N–H and O–H groups in total. The summed E-state index contributed by atoms with van der Waals surface area (Å²) in [6.45, 7) is 2.11. The van der Waals surface area contributed by atoms with Gasteiger partial charge in [0.1, 0.15) is 5.76 Å². The largest absolute Gasteiger partial charge is 0.441 e. The highest BCUT2D eigenvalue weighted by Crippen LogP contribution is 2.29. The molecule has 1 aliphatic rings. The lowest BCUT2D eigenvalue weighted by atomic mass is 10.2. The summed E-state index contributed by atoms with van der Waals surface area (Å²) in [7, 11) is 3.81. The number of amides is 1. The summed E-state index contributed by atoms with van der Waals surface area (Å²) in [6, 6.07) is 11.7. The van der Waals surface area contributed by atoms with Crippen LogP contribution < -0.4 is 10.2 Å². The fourth-order valence-electron chi connectivity index (χ4n) is 2.19. The van der Waals surface area contributed by atoms with Crippen molar-refractivity contribution in [2.75, 3.05) is 19.0 Å². The summed E-state index contributed by atoms with van der Waals surface area (Å²) in [5.41, 5.74) is 2.08. The first-order valence-electron chi connectivity index (χ1n) is 7.71. The van der Waals surface area contributed by atoms with Gasteiger partial charge in [0, 0.05) is 26.2 Å². The third-order valence-corrected chi connectivity index (χ3v) is 4.46. The van der Waals surface area contributed by atoms with E-state index in [2.05, 4.69) is 17.2 Å². The van der Waals surface area contributed by atoms with E-state index in [1.54, 1.807) is 6.08 Å². The van der Waals surface area contributed by atoms with E-state index >= 15 is 0 Å². The second-order valence-electron chi connectivity index (χ2n) is 5.57. The molecule has 0 radical (unpaired) electrons. The number of benzene rings is 1. The van der Waals surface area contributed by atoms with Gasteiger partial charge >= 0.3 is 0 Å². The second kappa shape index (κ2) is 6.97. The maximum Gasteiger partial charge on any atom is 0.264 e. The van der Waals surface area contributed by atoms with Crippen LogP contribution in [0.2, 0.25) is 0 Å². The van der Waals surface area contributed by atoms with E-state index in [0.29, 0.717) is 15.8 Å². The average molecular weight is 341 g/mol. The number of furan rings is 1. The number of aryl methyl sites for hydroxylation is 1. The van der Waals surface area contributed by atoms with Crippen molar-refractivity contribution in [1.29, 1.82) is 0 Å². The molecule has 0 unspecified atom stereocenters. The number of rotatable bonds is 4. The molecule has 2 heterocycles. The third-order valence-electron chi connectivity index (χ3n) is 3.55. The van der Waals surface area contributed by atoms with Crippen LogP contribution in [0.1, 0.15) is 18.2 Å². The Morgan fingerprint density at radius 1 is 1.21 bits per heavy atom. The van der Waals surface area contributed by atoms with E-state index in [1.807, 2.05) is 55.4 Å². The normalized spacial score (nSPS) is 17.5. The highest BCUT2D eigenvalue weighted by Gasteiger charge is 2.24. The van der Waals surface area contributed by atoms with Crippen LogP contribution in [0, 0.1) is 0 Å². The zero-order valence-electron chi connectivity index (χ0n) is 13.9. The van der Waals surface area contributed by atoms with E-state index < -0.39 is 0 Å². The monoisotopic (exact) mass is 341 g/mol. The number of hydrogen-bond donors (Lipinski definition) is 1. The summed E-state index contributed by atoms with van der Waals surface area (Å²) in [6.07, 6.45) is 2.73. The highest BCUT2D eigenvalue weighted by atomic mass is 32.2. The first-order valence-corrected chi connectivity index (χ1v) is 8.52. The smallest absolute Gasteiger partial charge is 0.264 e. The summed E-state index contributed by atoms with van der Waals surface area (Å²) in [5.74, 6) is 1.23. The molecule has 0 bridgehead atoms. The van der Waals surface area contributed by atoms with Crippen LogP contribution in [0.3, 0.4) is 0 Å². The molecule has 1 aromatic heterocycles. The van der Waals surface area contributed by atoms with Crippen LogP contribution in [0.5, 0.6) is 0 Å². The Labute approximate surface area is 145 Å². The Balaban J connectivity index is 1.76. The number of hydrogen-bond acceptors (Lipinski definition) is 5. The van der Waals surface area contributed by atoms with Gasteiger partial charge in [0.15, 0.2) is 11.1 Å². The number of carbonyl (C=O) groups excluding carboxylic acids is 1. The summed E-state index contributed by atoms with van der Waals surface area (Å²) < 4.78 is 5.65. The Bertz CT molecular complexity index is 804. The summed E-state index contributed by atoms with van der Waals surface area (Å²) in [5, 5.41) is 3.36. The van der Waals surface area contributed by atoms with Gasteiger partial charge in [-0.2, -0.15) is 0 Å². The van der Waals surface area contributed by atoms with Gasteiger partial charge in [-0.05, 0) is 41.9 Å². The number of carbonyl (C=O) groups is 1. The fourth-order valence-corrected chi connectivity index (χ4v) is 3.02. The third kappa shape index (κ3) is 3.71. The minimum atomic E-state index is -0.160. The van der Waals surface area contributed by atoms with Crippen molar-refractivity contribution >= 4 is 40.5 Å². The van der Waals surface area contributed by atoms with Crippen molar-refractivity contribution in [3.63, 3.8) is 0 Å². The number of thioether (sulfide) groups is 1. The van der Waals surface area contributed by atoms with Crippen molar-refractivity contribution in [3.8, 4) is 0 Å². The summed E-state index contributed by atoms with van der Waals surface area (Å²) >= 11 is 1.31. The zero-order chi connectivity index (χ0) is 17.1. The van der Waals surface area contributed by atoms with E-state index in [4.69, 9.17) is 4.42 Å². The molecule has 1 amide bonds. The van der Waals surface area contributed by atoms with Gasteiger partial charge in [-0.15, -0.1) is 0 Å². The molecule has 5 nitrogen and oxygen atoms in total. The standard InChI is InChI=1S/C18H19N3O2S/c1-4-12-5-7-13(8-6-12)19-18-20-17(22)15(24-18)11-14-9-10-16(23-14)21(2)3/h5-11H,4H2,1-3H3,(H,19,20,22)/b15-11-. The number of aliphatic imine (C=N–C) groups is 1. The van der Waals surface area contributed by atoms with Crippen LogP contribution in [-0.2, 0) is 11.2 Å². The predicted molar refractivity (Wildman–Crippen MR) is 99.7 cm³/mol. The van der Waals surface area contributed by atoms with E-state index in [1.165, 1.54) is 17.3 Å². The number of nitrogens with zero attached hydrogens (tertiary/aromatic N) is 2. The average Bonchev–Trinajstić information content (AvgIpc) is 3.16. The molecular weight excluding hydrogens is 322 g/mol. The molecule has 3 rings (SSSR count). The molecule has 1 fully saturated rings. The first kappa shape index (κ1) is 16.4. The van der Waals surface area contributed by atoms with Crippen molar-refractivity contribution in [2.24, 2.45) is 4.99 Å². The second-order valence-corrected chi connectivity index (χ2v) is 6.60. The molecule has 0 atom stereocenters. The Kier molecular flexibility index (Phi) is 4.76. The van der Waals surface area contributed by atoms with E-state index in [9.17, 15) is 4.79 Å². The maximum atomic E-state index is 12.1. The Morgan fingerprint density at radius 2 is 1.96 bits per heavy atom. The van der Waals surface area contributed by atoms with Gasteiger partial charge in [0.05, 0.1) is 10.6 Å². The topological polar surface area (TPSA) is 57.8 Å². The highest BCUT2D eigenvalue weighted by molar-refractivity contribution is 8.18.